The quantitative estimate of drug-likeness (QED) is 0.241. The van der Waals surface area contributed by atoms with Gasteiger partial charge in [0.2, 0.25) is 5.91 Å². The van der Waals surface area contributed by atoms with E-state index >= 15 is 0 Å². The maximum Gasteiger partial charge on any atom is 0.217 e. The number of carbonyl (C=O) groups is 1. The summed E-state index contributed by atoms with van der Waals surface area (Å²) in [6, 6.07) is 0. The van der Waals surface area contributed by atoms with E-state index in [4.69, 9.17) is 5.73 Å². The molecule has 0 radical (unpaired) electrons. The first-order chi connectivity index (χ1) is 12.3. The summed E-state index contributed by atoms with van der Waals surface area (Å²) in [7, 11) is 0. The van der Waals surface area contributed by atoms with Gasteiger partial charge in [0.25, 0.3) is 0 Å². The van der Waals surface area contributed by atoms with E-state index in [0.29, 0.717) is 6.42 Å². The standard InChI is InChI=1S/C22H36FNO/c23-21-19-17-15-13-11-9-7-5-3-1-2-4-6-8-10-12-14-16-18-20-22(24)25/h1-2,5-8,12,14H,3-4,9-11,13,15-21H2,(H2,24,25)/b2-1-,7-5-,8-6-,14-12-. The van der Waals surface area contributed by atoms with Crippen molar-refractivity contribution in [1.82, 2.24) is 0 Å². The predicted molar refractivity (Wildman–Crippen MR) is 107 cm³/mol. The maximum atomic E-state index is 11.9. The molecule has 0 saturated heterocycles. The summed E-state index contributed by atoms with van der Waals surface area (Å²) in [6.45, 7) is -0.170. The summed E-state index contributed by atoms with van der Waals surface area (Å²) < 4.78 is 11.9. The third kappa shape index (κ3) is 22.4. The van der Waals surface area contributed by atoms with Gasteiger partial charge >= 0.3 is 0 Å². The first kappa shape index (κ1) is 23.4. The Balaban J connectivity index is 3.37. The minimum absolute atomic E-state index is 0.170. The van der Waals surface area contributed by atoms with Crippen LogP contribution >= 0.6 is 0 Å². The molecule has 0 aliphatic rings. The van der Waals surface area contributed by atoms with Gasteiger partial charge in [-0.05, 0) is 51.4 Å². The predicted octanol–water partition coefficient (Wildman–Crippen LogP) is 6.35. The van der Waals surface area contributed by atoms with Crippen LogP contribution in [0, 0.1) is 0 Å². The molecule has 0 aromatic heterocycles. The topological polar surface area (TPSA) is 43.1 Å². The zero-order valence-corrected chi connectivity index (χ0v) is 15.7. The molecule has 2 N–H and O–H groups in total. The Bertz CT molecular complexity index is 410. The molecular formula is C22H36FNO. The van der Waals surface area contributed by atoms with E-state index in [2.05, 4.69) is 48.6 Å². The van der Waals surface area contributed by atoms with E-state index in [1.165, 1.54) is 12.8 Å². The van der Waals surface area contributed by atoms with Crippen molar-refractivity contribution >= 4 is 5.91 Å². The molecule has 0 heterocycles. The minimum Gasteiger partial charge on any atom is -0.370 e. The van der Waals surface area contributed by atoms with E-state index in [1.54, 1.807) is 0 Å². The fraction of sp³-hybridized carbons (Fsp3) is 0.591. The van der Waals surface area contributed by atoms with Crippen molar-refractivity contribution in [2.75, 3.05) is 6.67 Å². The molecule has 0 rings (SSSR count). The summed E-state index contributed by atoms with van der Waals surface area (Å²) >= 11 is 0. The highest BCUT2D eigenvalue weighted by Crippen LogP contribution is 2.06. The zero-order chi connectivity index (χ0) is 18.4. The van der Waals surface area contributed by atoms with Crippen LogP contribution < -0.4 is 5.73 Å². The van der Waals surface area contributed by atoms with Crippen LogP contribution in [0.5, 0.6) is 0 Å². The van der Waals surface area contributed by atoms with Crippen molar-refractivity contribution in [2.24, 2.45) is 5.73 Å². The van der Waals surface area contributed by atoms with Gasteiger partial charge in [-0.25, -0.2) is 0 Å². The van der Waals surface area contributed by atoms with Gasteiger partial charge in [0.05, 0.1) is 6.67 Å². The first-order valence-electron chi connectivity index (χ1n) is 9.71. The smallest absolute Gasteiger partial charge is 0.217 e. The zero-order valence-electron chi connectivity index (χ0n) is 15.7. The van der Waals surface area contributed by atoms with Gasteiger partial charge in [-0.15, -0.1) is 0 Å². The van der Waals surface area contributed by atoms with E-state index in [-0.39, 0.29) is 12.6 Å². The van der Waals surface area contributed by atoms with Crippen molar-refractivity contribution in [3.05, 3.63) is 48.6 Å². The van der Waals surface area contributed by atoms with Crippen LogP contribution in [0.1, 0.15) is 77.0 Å². The molecule has 0 aromatic rings. The van der Waals surface area contributed by atoms with Crippen molar-refractivity contribution in [3.8, 4) is 0 Å². The second-order valence-electron chi connectivity index (χ2n) is 6.20. The molecular weight excluding hydrogens is 313 g/mol. The van der Waals surface area contributed by atoms with Crippen LogP contribution in [-0.4, -0.2) is 12.6 Å². The largest absolute Gasteiger partial charge is 0.370 e. The molecule has 0 fully saturated rings. The molecule has 25 heavy (non-hydrogen) atoms. The van der Waals surface area contributed by atoms with Crippen LogP contribution in [0.4, 0.5) is 4.39 Å². The van der Waals surface area contributed by atoms with E-state index in [0.717, 1.165) is 57.8 Å². The number of unbranched alkanes of at least 4 members (excludes halogenated alkanes) is 6. The number of nitrogens with two attached hydrogens (primary N) is 1. The Labute approximate surface area is 153 Å². The highest BCUT2D eigenvalue weighted by molar-refractivity contribution is 5.73. The lowest BCUT2D eigenvalue weighted by Gasteiger charge is -1.96. The first-order valence-corrected chi connectivity index (χ1v) is 9.71. The Morgan fingerprint density at radius 2 is 1.08 bits per heavy atom. The lowest BCUT2D eigenvalue weighted by atomic mass is 10.1. The number of allylic oxidation sites excluding steroid dienone is 8. The Kier molecular flexibility index (Phi) is 19.1. The average molecular weight is 350 g/mol. The summed E-state index contributed by atoms with van der Waals surface area (Å²) in [5, 5.41) is 0. The van der Waals surface area contributed by atoms with Crippen LogP contribution in [0.15, 0.2) is 48.6 Å². The Hall–Kier alpha value is -1.64. The van der Waals surface area contributed by atoms with Gasteiger partial charge < -0.3 is 5.73 Å². The van der Waals surface area contributed by atoms with Gasteiger partial charge in [-0.1, -0.05) is 67.9 Å². The van der Waals surface area contributed by atoms with E-state index in [1.807, 2.05) is 0 Å². The molecule has 0 bridgehead atoms. The van der Waals surface area contributed by atoms with Crippen LogP contribution in [0.25, 0.3) is 0 Å². The van der Waals surface area contributed by atoms with Gasteiger partial charge in [-0.2, -0.15) is 0 Å². The lowest BCUT2D eigenvalue weighted by molar-refractivity contribution is -0.118. The maximum absolute atomic E-state index is 11.9. The molecule has 0 aliphatic heterocycles. The third-order valence-electron chi connectivity index (χ3n) is 3.78. The van der Waals surface area contributed by atoms with Crippen LogP contribution in [0.2, 0.25) is 0 Å². The molecule has 3 heteroatoms. The fourth-order valence-corrected chi connectivity index (χ4v) is 2.33. The molecule has 0 spiro atoms. The number of alkyl halides is 1. The number of halogens is 1. The van der Waals surface area contributed by atoms with Crippen LogP contribution in [0.3, 0.4) is 0 Å². The Morgan fingerprint density at radius 3 is 1.60 bits per heavy atom. The SMILES string of the molecule is NC(=O)CCC/C=C\C/C=C\C/C=C\C/C=C\CCCCCCCF. The van der Waals surface area contributed by atoms with E-state index < -0.39 is 0 Å². The summed E-state index contributed by atoms with van der Waals surface area (Å²) in [5.74, 6) is -0.222. The molecule has 0 aliphatic carbocycles. The van der Waals surface area contributed by atoms with Crippen LogP contribution in [-0.2, 0) is 4.79 Å². The van der Waals surface area contributed by atoms with Crippen molar-refractivity contribution in [2.45, 2.75) is 77.0 Å². The third-order valence-corrected chi connectivity index (χ3v) is 3.78. The highest BCUT2D eigenvalue weighted by atomic mass is 19.1. The fourth-order valence-electron chi connectivity index (χ4n) is 2.33. The highest BCUT2D eigenvalue weighted by Gasteiger charge is 1.90. The summed E-state index contributed by atoms with van der Waals surface area (Å²) in [5.41, 5.74) is 5.08. The minimum atomic E-state index is -0.222. The van der Waals surface area contributed by atoms with Gasteiger partial charge in [0, 0.05) is 6.42 Å². The van der Waals surface area contributed by atoms with Gasteiger partial charge in [0.1, 0.15) is 0 Å². The number of carbonyl (C=O) groups excluding carboxylic acids is 1. The average Bonchev–Trinajstić information content (AvgIpc) is 2.60. The van der Waals surface area contributed by atoms with E-state index in [9.17, 15) is 9.18 Å². The number of hydrogen-bond acceptors (Lipinski definition) is 1. The molecule has 0 aromatic carbocycles. The van der Waals surface area contributed by atoms with Gasteiger partial charge in [-0.3, -0.25) is 9.18 Å². The summed E-state index contributed by atoms with van der Waals surface area (Å²) in [4.78, 5) is 10.6. The number of amides is 1. The van der Waals surface area contributed by atoms with Crippen molar-refractivity contribution < 1.29 is 9.18 Å². The number of hydrogen-bond donors (Lipinski definition) is 1. The summed E-state index contributed by atoms with van der Waals surface area (Å²) in [6.07, 6.45) is 29.0. The van der Waals surface area contributed by atoms with Crippen molar-refractivity contribution in [3.63, 3.8) is 0 Å². The lowest BCUT2D eigenvalue weighted by Crippen LogP contribution is -2.09. The Morgan fingerprint density at radius 1 is 0.640 bits per heavy atom. The van der Waals surface area contributed by atoms with Gasteiger partial charge in [0.15, 0.2) is 0 Å². The molecule has 2 nitrogen and oxygen atoms in total. The second kappa shape index (κ2) is 20.4. The molecule has 0 unspecified atom stereocenters. The molecule has 0 saturated carbocycles. The second-order valence-corrected chi connectivity index (χ2v) is 6.20. The van der Waals surface area contributed by atoms with Crippen molar-refractivity contribution in [1.29, 1.82) is 0 Å². The number of primary amides is 1. The monoisotopic (exact) mass is 349 g/mol. The molecule has 1 amide bonds. The molecule has 142 valence electrons. The molecule has 0 atom stereocenters. The normalized spacial score (nSPS) is 12.4. The number of rotatable bonds is 17.